The van der Waals surface area contributed by atoms with Crippen LogP contribution in [0.3, 0.4) is 0 Å². The first kappa shape index (κ1) is 21.1. The van der Waals surface area contributed by atoms with E-state index in [0.29, 0.717) is 26.2 Å². The van der Waals surface area contributed by atoms with E-state index in [1.54, 1.807) is 24.8 Å². The molecule has 4 aliphatic rings. The first-order valence-corrected chi connectivity index (χ1v) is 11.5. The van der Waals surface area contributed by atoms with E-state index in [1.165, 1.54) is 12.2 Å². The molecular weight excluding hydrogens is 436 g/mol. The van der Waals surface area contributed by atoms with Crippen molar-refractivity contribution in [2.45, 2.75) is 23.3 Å². The van der Waals surface area contributed by atoms with Gasteiger partial charge in [-0.05, 0) is 24.3 Å². The number of nitrogens with one attached hydrogen (secondary N) is 2. The van der Waals surface area contributed by atoms with Crippen molar-refractivity contribution in [1.82, 2.24) is 20.6 Å². The molecule has 2 aromatic rings. The second-order valence-corrected chi connectivity index (χ2v) is 9.28. The molecule has 4 saturated heterocycles. The lowest BCUT2D eigenvalue weighted by atomic mass is 9.85. The predicted octanol–water partition coefficient (Wildman–Crippen LogP) is -0.119. The third-order valence-corrected chi connectivity index (χ3v) is 7.29. The molecule has 0 spiro atoms. The molecule has 10 heteroatoms. The lowest BCUT2D eigenvalue weighted by Crippen LogP contribution is -2.71. The number of esters is 2. The van der Waals surface area contributed by atoms with E-state index in [2.05, 4.69) is 30.4 Å². The van der Waals surface area contributed by atoms with Crippen LogP contribution in [-0.2, 0) is 19.1 Å². The second kappa shape index (κ2) is 8.07. The Bertz CT molecular complexity index is 1030. The van der Waals surface area contributed by atoms with Crippen molar-refractivity contribution in [3.63, 3.8) is 0 Å². The molecule has 0 unspecified atom stereocenters. The number of carbonyl (C=O) groups excluding carboxylic acids is 2. The van der Waals surface area contributed by atoms with Crippen LogP contribution < -0.4 is 20.4 Å². The summed E-state index contributed by atoms with van der Waals surface area (Å²) in [5.74, 6) is -1.08. The molecule has 2 N–H and O–H groups in total. The van der Waals surface area contributed by atoms with Crippen molar-refractivity contribution < 1.29 is 19.1 Å². The van der Waals surface area contributed by atoms with Gasteiger partial charge in [0.05, 0.1) is 48.9 Å². The molecule has 0 aromatic carbocycles. The van der Waals surface area contributed by atoms with E-state index < -0.39 is 23.1 Å². The number of hydrogen-bond donors (Lipinski definition) is 2. The Labute approximate surface area is 196 Å². The van der Waals surface area contributed by atoms with Gasteiger partial charge in [-0.2, -0.15) is 0 Å². The molecule has 0 radical (unpaired) electrons. The molecule has 6 rings (SSSR count). The number of hydrogen-bond acceptors (Lipinski definition) is 10. The number of nitrogens with zero attached hydrogens (tertiary/aromatic N) is 4. The fourth-order valence-electron chi connectivity index (χ4n) is 5.60. The molecule has 10 nitrogen and oxygen atoms in total. The van der Waals surface area contributed by atoms with Gasteiger partial charge in [-0.3, -0.25) is 9.97 Å². The smallest absolute Gasteiger partial charge is 0.331 e. The van der Waals surface area contributed by atoms with Crippen LogP contribution in [-0.4, -0.2) is 84.5 Å². The van der Waals surface area contributed by atoms with E-state index in [-0.39, 0.29) is 12.1 Å². The van der Waals surface area contributed by atoms with Gasteiger partial charge in [-0.25, -0.2) is 9.59 Å². The zero-order chi connectivity index (χ0) is 23.2. The van der Waals surface area contributed by atoms with Crippen LogP contribution in [0.2, 0.25) is 0 Å². The number of rotatable bonds is 6. The van der Waals surface area contributed by atoms with Crippen LogP contribution in [0, 0.1) is 0 Å². The number of carbonyl (C=O) groups is 2. The summed E-state index contributed by atoms with van der Waals surface area (Å²) in [6.07, 6.45) is 9.42. The minimum absolute atomic E-state index is 0.0404. The standard InChI is InChI=1S/C24H26N6O4/c31-21(33-23-13-27-11-19(23)29(15-23)17-3-1-7-25-9-17)5-6-22(32)34-24-14-28-12-20(24)30(16-24)18-4-2-8-26-10-18/h1-10,19-20,27-28H,11-16H2/b6-5+/t19-,20-,23-,24-/m1/s1. The summed E-state index contributed by atoms with van der Waals surface area (Å²) in [5, 5.41) is 6.61. The summed E-state index contributed by atoms with van der Waals surface area (Å²) < 4.78 is 11.6. The van der Waals surface area contributed by atoms with Crippen LogP contribution in [0.4, 0.5) is 11.4 Å². The summed E-state index contributed by atoms with van der Waals surface area (Å²) in [6.45, 7) is 3.77. The molecule has 4 fully saturated rings. The SMILES string of the molecule is O=C(/C=C/C(=O)O[C@@]12CNC[C@H]1N(c1cccnc1)C2)O[C@@]12CNC[C@H]1N(c1cccnc1)C2. The van der Waals surface area contributed by atoms with Gasteiger partial charge in [0, 0.05) is 50.7 Å². The van der Waals surface area contributed by atoms with Gasteiger partial charge < -0.3 is 29.9 Å². The number of pyridine rings is 2. The van der Waals surface area contributed by atoms with Crippen molar-refractivity contribution in [1.29, 1.82) is 0 Å². The highest BCUT2D eigenvalue weighted by molar-refractivity contribution is 5.92. The van der Waals surface area contributed by atoms with Gasteiger partial charge in [0.15, 0.2) is 11.2 Å². The Balaban J connectivity index is 1.05. The molecule has 0 amide bonds. The zero-order valence-electron chi connectivity index (χ0n) is 18.6. The van der Waals surface area contributed by atoms with E-state index in [1.807, 2.05) is 24.3 Å². The normalized spacial score (nSPS) is 31.4. The molecule has 4 aliphatic heterocycles. The molecule has 0 saturated carbocycles. The third kappa shape index (κ3) is 3.41. The fraction of sp³-hybridized carbons (Fsp3) is 0.417. The summed E-state index contributed by atoms with van der Waals surface area (Å²) in [6, 6.07) is 7.85. The maximum Gasteiger partial charge on any atom is 0.331 e. The van der Waals surface area contributed by atoms with Crippen LogP contribution in [0.25, 0.3) is 0 Å². The molecule has 4 atom stereocenters. The molecule has 2 aromatic heterocycles. The maximum absolute atomic E-state index is 12.6. The summed E-state index contributed by atoms with van der Waals surface area (Å²) in [4.78, 5) is 37.8. The monoisotopic (exact) mass is 462 g/mol. The molecule has 0 aliphatic carbocycles. The number of ether oxygens (including phenoxy) is 2. The number of anilines is 2. The predicted molar refractivity (Wildman–Crippen MR) is 123 cm³/mol. The molecule has 34 heavy (non-hydrogen) atoms. The van der Waals surface area contributed by atoms with Gasteiger partial charge in [0.2, 0.25) is 0 Å². The summed E-state index contributed by atoms with van der Waals surface area (Å²) in [5.41, 5.74) is 0.806. The first-order valence-electron chi connectivity index (χ1n) is 11.5. The Morgan fingerprint density at radius 2 is 1.32 bits per heavy atom. The topological polar surface area (TPSA) is 109 Å². The van der Waals surface area contributed by atoms with Crippen LogP contribution in [0.15, 0.2) is 61.2 Å². The molecule has 6 heterocycles. The fourth-order valence-corrected chi connectivity index (χ4v) is 5.60. The van der Waals surface area contributed by atoms with Crippen LogP contribution in [0.5, 0.6) is 0 Å². The molecule has 0 bridgehead atoms. The van der Waals surface area contributed by atoms with Crippen molar-refractivity contribution in [3.8, 4) is 0 Å². The minimum Gasteiger partial charge on any atom is -0.450 e. The van der Waals surface area contributed by atoms with Crippen LogP contribution in [0.1, 0.15) is 0 Å². The Hall–Kier alpha value is -3.50. The lowest BCUT2D eigenvalue weighted by Gasteiger charge is -2.53. The summed E-state index contributed by atoms with van der Waals surface area (Å²) in [7, 11) is 0. The minimum atomic E-state index is -0.599. The Kier molecular flexibility index (Phi) is 5.00. The largest absolute Gasteiger partial charge is 0.450 e. The van der Waals surface area contributed by atoms with Crippen molar-refractivity contribution >= 4 is 23.3 Å². The van der Waals surface area contributed by atoms with E-state index >= 15 is 0 Å². The van der Waals surface area contributed by atoms with E-state index in [9.17, 15) is 9.59 Å². The molecule has 176 valence electrons. The van der Waals surface area contributed by atoms with Gasteiger partial charge in [0.1, 0.15) is 0 Å². The second-order valence-electron chi connectivity index (χ2n) is 9.28. The zero-order valence-corrected chi connectivity index (χ0v) is 18.6. The average molecular weight is 463 g/mol. The van der Waals surface area contributed by atoms with Crippen molar-refractivity contribution in [2.75, 3.05) is 49.1 Å². The highest BCUT2D eigenvalue weighted by atomic mass is 16.6. The van der Waals surface area contributed by atoms with Crippen molar-refractivity contribution in [3.05, 3.63) is 61.2 Å². The Morgan fingerprint density at radius 3 is 1.74 bits per heavy atom. The first-order chi connectivity index (χ1) is 16.6. The average Bonchev–Trinajstić information content (AvgIpc) is 3.32. The Morgan fingerprint density at radius 1 is 0.853 bits per heavy atom. The highest BCUT2D eigenvalue weighted by Gasteiger charge is 2.60. The third-order valence-electron chi connectivity index (χ3n) is 7.29. The molecular formula is C24H26N6O4. The van der Waals surface area contributed by atoms with E-state index in [0.717, 1.165) is 24.5 Å². The number of aromatic nitrogens is 2. The van der Waals surface area contributed by atoms with E-state index in [4.69, 9.17) is 9.47 Å². The summed E-state index contributed by atoms with van der Waals surface area (Å²) >= 11 is 0. The highest BCUT2D eigenvalue weighted by Crippen LogP contribution is 2.40. The lowest BCUT2D eigenvalue weighted by molar-refractivity contribution is -0.160. The van der Waals surface area contributed by atoms with Gasteiger partial charge in [0.25, 0.3) is 0 Å². The number of fused-ring (bicyclic) bond motifs is 2. The van der Waals surface area contributed by atoms with Gasteiger partial charge in [-0.15, -0.1) is 0 Å². The van der Waals surface area contributed by atoms with Crippen molar-refractivity contribution in [2.24, 2.45) is 0 Å². The quantitative estimate of drug-likeness (QED) is 0.446. The van der Waals surface area contributed by atoms with Crippen LogP contribution >= 0.6 is 0 Å². The van der Waals surface area contributed by atoms with Gasteiger partial charge >= 0.3 is 11.9 Å². The van der Waals surface area contributed by atoms with Gasteiger partial charge in [-0.1, -0.05) is 0 Å². The maximum atomic E-state index is 12.6.